The van der Waals surface area contributed by atoms with E-state index in [9.17, 15) is 43.0 Å². The van der Waals surface area contributed by atoms with Crippen molar-refractivity contribution in [2.75, 3.05) is 19.7 Å². The van der Waals surface area contributed by atoms with Gasteiger partial charge in [-0.3, -0.25) is 24.0 Å². The first-order valence-corrected chi connectivity index (χ1v) is 26.8. The van der Waals surface area contributed by atoms with E-state index in [1.54, 1.807) is 18.6 Å². The van der Waals surface area contributed by atoms with Gasteiger partial charge < -0.3 is 35.3 Å². The minimum atomic E-state index is -1.24. The van der Waals surface area contributed by atoms with E-state index in [0.29, 0.717) is 36.1 Å². The first-order chi connectivity index (χ1) is 34.8. The number of rotatable bonds is 20. The van der Waals surface area contributed by atoms with Crippen molar-refractivity contribution in [3.8, 4) is 28.2 Å². The molecule has 0 radical (unpaired) electrons. The number of phenols is 1. The zero-order valence-electron chi connectivity index (χ0n) is 43.5. The zero-order valence-corrected chi connectivity index (χ0v) is 43.5. The molecule has 3 fully saturated rings. The van der Waals surface area contributed by atoms with Crippen molar-refractivity contribution in [1.82, 2.24) is 16.0 Å². The van der Waals surface area contributed by atoms with Crippen molar-refractivity contribution in [1.29, 1.82) is 0 Å². The first-order valence-electron chi connectivity index (χ1n) is 26.8. The number of halogens is 2. The molecule has 1 aliphatic heterocycles. The Balaban J connectivity index is 0.789. The summed E-state index contributed by atoms with van der Waals surface area (Å²) in [5.41, 5.74) is 2.90. The maximum atomic E-state index is 14.7. The summed E-state index contributed by atoms with van der Waals surface area (Å²) in [6.07, 6.45) is 16.7. The average molecular weight is 1010 g/mol. The van der Waals surface area contributed by atoms with Crippen LogP contribution in [0, 0.1) is 64.9 Å². The Hall–Kier alpha value is -5.63. The highest BCUT2D eigenvalue weighted by atomic mass is 19.1. The standard InChI is InChI=1S/C59H75F2N3O9/c1-33(2)9-7-10-34(3)43-15-16-44-40-14-12-37-28-38(19-22-58(37,5)45(40)20-23-59(43,44)6)72-26-8-24-62-53(67)21-25-63-57(71)48(17-18-54(68)69)64-56(70)36-11-13-39(35(4)27-36)55-41-29-46(60)49(65)31-51(41)73-52-32-50(66)47(61)30-42(52)55/h11-13,27,29-34,38,40,43-45,48,65H,7-10,14-26,28H2,1-6H3,(H,62,67)(H,63,71)(H,64,70)(H,68,69)/t34-,38+,40?,43-,44?,45?,48?,58+,59-/m1/s1. The number of aromatic hydroxyl groups is 1. The fourth-order valence-corrected chi connectivity index (χ4v) is 13.9. The number of carboxylic acids is 1. The summed E-state index contributed by atoms with van der Waals surface area (Å²) < 4.78 is 41.5. The predicted octanol–water partition coefficient (Wildman–Crippen LogP) is 11.3. The van der Waals surface area contributed by atoms with Gasteiger partial charge in [0.15, 0.2) is 17.4 Å². The molecule has 8 rings (SSSR count). The Labute approximate surface area is 427 Å². The number of aliphatic carboxylic acids is 1. The molecule has 0 spiro atoms. The topological polar surface area (TPSA) is 184 Å². The lowest BCUT2D eigenvalue weighted by Crippen LogP contribution is -2.51. The van der Waals surface area contributed by atoms with Crippen LogP contribution in [0.15, 0.2) is 63.3 Å². The van der Waals surface area contributed by atoms with Crippen molar-refractivity contribution in [3.63, 3.8) is 0 Å². The number of hydrogen-bond donors (Lipinski definition) is 5. The first kappa shape index (κ1) is 53.7. The summed E-state index contributed by atoms with van der Waals surface area (Å²) in [6.45, 7) is 15.0. The quantitative estimate of drug-likeness (QED) is 0.0327. The third-order valence-corrected chi connectivity index (χ3v) is 17.8. The van der Waals surface area contributed by atoms with E-state index in [0.717, 1.165) is 79.0 Å². The Morgan fingerprint density at radius 1 is 0.863 bits per heavy atom. The van der Waals surface area contributed by atoms with E-state index in [4.69, 9.17) is 9.15 Å². The van der Waals surface area contributed by atoms with Gasteiger partial charge >= 0.3 is 5.97 Å². The van der Waals surface area contributed by atoms with Crippen LogP contribution in [-0.2, 0) is 19.1 Å². The molecule has 5 aliphatic carbocycles. The maximum absolute atomic E-state index is 14.7. The number of allylic oxidation sites excluding steroid dienone is 1. The third-order valence-electron chi connectivity index (χ3n) is 17.8. The largest absolute Gasteiger partial charge is 0.505 e. The second kappa shape index (κ2) is 22.5. The van der Waals surface area contributed by atoms with E-state index in [-0.39, 0.29) is 70.2 Å². The van der Waals surface area contributed by atoms with Crippen LogP contribution in [0.3, 0.4) is 0 Å². The summed E-state index contributed by atoms with van der Waals surface area (Å²) >= 11 is 0. The molecule has 5 N–H and O–H groups in total. The summed E-state index contributed by atoms with van der Waals surface area (Å²) in [7, 11) is 0. The molecule has 3 saturated carbocycles. The number of hydrogen-bond acceptors (Lipinski definition) is 8. The molecule has 0 bridgehead atoms. The van der Waals surface area contributed by atoms with Crippen LogP contribution in [0.4, 0.5) is 8.78 Å². The fourth-order valence-electron chi connectivity index (χ4n) is 13.9. The van der Waals surface area contributed by atoms with E-state index in [1.807, 2.05) is 0 Å². The monoisotopic (exact) mass is 1010 g/mol. The van der Waals surface area contributed by atoms with Gasteiger partial charge in [0, 0.05) is 66.7 Å². The Kier molecular flexibility index (Phi) is 16.5. The highest BCUT2D eigenvalue weighted by Crippen LogP contribution is 2.67. The number of ether oxygens (including phenoxy) is 1. The molecule has 0 saturated heterocycles. The molecule has 0 aromatic heterocycles. The summed E-state index contributed by atoms with van der Waals surface area (Å²) in [4.78, 5) is 63.4. The highest BCUT2D eigenvalue weighted by molar-refractivity contribution is 6.04. The number of phenolic OH excluding ortho intramolecular Hbond substituents is 1. The van der Waals surface area contributed by atoms with Crippen LogP contribution in [-0.4, -0.2) is 65.7 Å². The van der Waals surface area contributed by atoms with E-state index >= 15 is 0 Å². The van der Waals surface area contributed by atoms with Crippen LogP contribution in [0.25, 0.3) is 33.4 Å². The molecular formula is C59H75F2N3O9. The lowest BCUT2D eigenvalue weighted by atomic mass is 9.47. The zero-order chi connectivity index (χ0) is 52.4. The maximum Gasteiger partial charge on any atom is 0.303 e. The highest BCUT2D eigenvalue weighted by Gasteiger charge is 2.59. The Bertz CT molecular complexity index is 2770. The lowest BCUT2D eigenvalue weighted by molar-refractivity contribution is -0.137. The summed E-state index contributed by atoms with van der Waals surface area (Å²) in [5, 5.41) is 27.8. The minimum Gasteiger partial charge on any atom is -0.505 e. The van der Waals surface area contributed by atoms with Gasteiger partial charge in [0.2, 0.25) is 17.2 Å². The lowest BCUT2D eigenvalue weighted by Gasteiger charge is -2.58. The SMILES string of the molecule is Cc1cc(C(=O)NC(CCC(=O)O)C(=O)NCCC(=O)NCCCO[C@H]2CC[C@@]3(C)C(=CCC4C3CC[C@@]3(C)C4CC[C@@H]3[C@H](C)CCCC(C)C)C2)ccc1-c1c2cc(F)c(=O)cc-2oc2cc(O)c(F)cc12. The summed E-state index contributed by atoms with van der Waals surface area (Å²) in [6, 6.07) is 7.28. The van der Waals surface area contributed by atoms with E-state index < -0.39 is 53.1 Å². The van der Waals surface area contributed by atoms with Crippen molar-refractivity contribution < 1.29 is 47.3 Å². The molecule has 9 atom stereocenters. The van der Waals surface area contributed by atoms with Gasteiger partial charge in [0.1, 0.15) is 17.4 Å². The summed E-state index contributed by atoms with van der Waals surface area (Å²) in [5.74, 6) is -0.644. The van der Waals surface area contributed by atoms with E-state index in [1.165, 1.54) is 63.5 Å². The van der Waals surface area contributed by atoms with Crippen LogP contribution in [0.5, 0.6) is 5.75 Å². The van der Waals surface area contributed by atoms with Gasteiger partial charge in [-0.2, -0.15) is 0 Å². The second-order valence-corrected chi connectivity index (χ2v) is 22.8. The van der Waals surface area contributed by atoms with E-state index in [2.05, 4.69) is 56.6 Å². The molecule has 394 valence electrons. The molecule has 6 aliphatic rings. The number of fused-ring (bicyclic) bond motifs is 7. The van der Waals surface area contributed by atoms with Crippen molar-refractivity contribution in [3.05, 3.63) is 87.1 Å². The van der Waals surface area contributed by atoms with Gasteiger partial charge in [0.05, 0.1) is 6.10 Å². The normalized spacial score (nSPS) is 25.3. The van der Waals surface area contributed by atoms with Gasteiger partial charge in [-0.25, -0.2) is 8.78 Å². The molecule has 2 aromatic carbocycles. The Morgan fingerprint density at radius 3 is 2.41 bits per heavy atom. The molecule has 1 heterocycles. The number of carbonyl (C=O) groups excluding carboxylic acids is 3. The van der Waals surface area contributed by atoms with Gasteiger partial charge in [-0.05, 0) is 153 Å². The molecule has 4 unspecified atom stereocenters. The molecule has 2 aromatic rings. The second-order valence-electron chi connectivity index (χ2n) is 22.8. The number of carbonyl (C=O) groups is 4. The van der Waals surface area contributed by atoms with Crippen molar-refractivity contribution in [2.24, 2.45) is 46.3 Å². The van der Waals surface area contributed by atoms with Crippen LogP contribution < -0.4 is 21.4 Å². The number of amides is 3. The van der Waals surface area contributed by atoms with Crippen molar-refractivity contribution >= 4 is 34.7 Å². The predicted molar refractivity (Wildman–Crippen MR) is 277 cm³/mol. The number of benzene rings is 3. The van der Waals surface area contributed by atoms with Gasteiger partial charge in [0.25, 0.3) is 5.91 Å². The minimum absolute atomic E-state index is 0.00650. The molecular weight excluding hydrogens is 933 g/mol. The fraction of sp³-hybridized carbons (Fsp3) is 0.576. The van der Waals surface area contributed by atoms with Crippen LogP contribution >= 0.6 is 0 Å². The molecule has 12 nitrogen and oxygen atoms in total. The number of aryl methyl sites for hydroxylation is 1. The number of carboxylic acid groups (broad SMARTS) is 1. The van der Waals surface area contributed by atoms with Gasteiger partial charge in [-0.15, -0.1) is 0 Å². The number of nitrogens with one attached hydrogen (secondary N) is 3. The molecule has 14 heteroatoms. The molecule has 3 amide bonds. The van der Waals surface area contributed by atoms with Crippen molar-refractivity contribution in [2.45, 2.75) is 150 Å². The third kappa shape index (κ3) is 11.5. The van der Waals surface area contributed by atoms with Gasteiger partial charge in [-0.1, -0.05) is 71.6 Å². The van der Waals surface area contributed by atoms with Crippen LogP contribution in [0.1, 0.15) is 147 Å². The Morgan fingerprint density at radius 2 is 1.66 bits per heavy atom. The smallest absolute Gasteiger partial charge is 0.303 e. The molecule has 73 heavy (non-hydrogen) atoms. The van der Waals surface area contributed by atoms with Crippen LogP contribution in [0.2, 0.25) is 0 Å². The average Bonchev–Trinajstić information content (AvgIpc) is 3.70.